The fourth-order valence-electron chi connectivity index (χ4n) is 1.17. The van der Waals surface area contributed by atoms with Gasteiger partial charge in [-0.15, -0.1) is 6.58 Å². The molecule has 76 valence electrons. The van der Waals surface area contributed by atoms with Crippen molar-refractivity contribution in [3.63, 3.8) is 0 Å². The van der Waals surface area contributed by atoms with Crippen molar-refractivity contribution in [2.45, 2.75) is 19.2 Å². The number of hydrogen-bond acceptors (Lipinski definition) is 1. The first-order valence-corrected chi connectivity index (χ1v) is 5.72. The molecular weight excluding hydrogens is 191 g/mol. The Morgan fingerprint density at radius 1 is 1.36 bits per heavy atom. The van der Waals surface area contributed by atoms with Gasteiger partial charge in [0.25, 0.3) is 0 Å². The van der Waals surface area contributed by atoms with E-state index in [0.717, 1.165) is 0 Å². The van der Waals surface area contributed by atoms with Crippen molar-refractivity contribution in [1.29, 1.82) is 0 Å². The summed E-state index contributed by atoms with van der Waals surface area (Å²) >= 11 is 0. The van der Waals surface area contributed by atoms with Crippen molar-refractivity contribution < 1.29 is 4.74 Å². The topological polar surface area (TPSA) is 9.23 Å². The smallest absolute Gasteiger partial charge is 0.0831 e. The molecule has 1 atom stereocenters. The summed E-state index contributed by atoms with van der Waals surface area (Å²) in [5.41, 5.74) is 0. The van der Waals surface area contributed by atoms with E-state index in [1.165, 1.54) is 5.30 Å². The standard InChI is InChI=1S/C12H17OP/c1-4-10-13-12(2,3)14-11-8-6-5-7-9-11/h4-9,14H,1,10H2,2-3H3. The highest BCUT2D eigenvalue weighted by Gasteiger charge is 2.17. The van der Waals surface area contributed by atoms with E-state index in [4.69, 9.17) is 4.74 Å². The lowest BCUT2D eigenvalue weighted by Gasteiger charge is -2.24. The third-order valence-electron chi connectivity index (χ3n) is 1.78. The van der Waals surface area contributed by atoms with Crippen LogP contribution in [-0.2, 0) is 4.74 Å². The van der Waals surface area contributed by atoms with E-state index in [1.54, 1.807) is 6.08 Å². The number of ether oxygens (including phenoxy) is 1. The molecule has 0 amide bonds. The van der Waals surface area contributed by atoms with Gasteiger partial charge in [0, 0.05) is 0 Å². The van der Waals surface area contributed by atoms with Crippen LogP contribution in [0.5, 0.6) is 0 Å². The zero-order valence-corrected chi connectivity index (χ0v) is 9.79. The average Bonchev–Trinajstić information content (AvgIpc) is 2.16. The summed E-state index contributed by atoms with van der Waals surface area (Å²) in [5.74, 6) is 0. The fraction of sp³-hybridized carbons (Fsp3) is 0.333. The van der Waals surface area contributed by atoms with Gasteiger partial charge >= 0.3 is 0 Å². The van der Waals surface area contributed by atoms with E-state index in [1.807, 2.05) is 6.07 Å². The summed E-state index contributed by atoms with van der Waals surface area (Å²) in [5, 5.41) is 1.25. The molecule has 0 aromatic heterocycles. The maximum absolute atomic E-state index is 5.68. The molecule has 0 bridgehead atoms. The van der Waals surface area contributed by atoms with Gasteiger partial charge < -0.3 is 4.74 Å². The van der Waals surface area contributed by atoms with E-state index >= 15 is 0 Å². The Labute approximate surface area is 88.0 Å². The second kappa shape index (κ2) is 5.29. The molecule has 1 rings (SSSR count). The Hall–Kier alpha value is -0.650. The number of rotatable bonds is 5. The lowest BCUT2D eigenvalue weighted by molar-refractivity contribution is 0.0721. The van der Waals surface area contributed by atoms with Gasteiger partial charge in [0.15, 0.2) is 0 Å². The normalized spacial score (nSPS) is 12.1. The lowest BCUT2D eigenvalue weighted by Crippen LogP contribution is -2.21. The molecule has 0 radical (unpaired) electrons. The van der Waals surface area contributed by atoms with E-state index in [0.29, 0.717) is 15.2 Å². The predicted molar refractivity (Wildman–Crippen MR) is 64.6 cm³/mol. The number of benzene rings is 1. The second-order valence-corrected chi connectivity index (χ2v) is 5.63. The van der Waals surface area contributed by atoms with Crippen molar-refractivity contribution in [3.8, 4) is 0 Å². The van der Waals surface area contributed by atoms with E-state index in [9.17, 15) is 0 Å². The minimum Gasteiger partial charge on any atom is -0.367 e. The third-order valence-corrected chi connectivity index (χ3v) is 3.15. The maximum Gasteiger partial charge on any atom is 0.0831 e. The molecule has 0 fully saturated rings. The van der Waals surface area contributed by atoms with Crippen LogP contribution in [0.25, 0.3) is 0 Å². The molecule has 0 saturated carbocycles. The van der Waals surface area contributed by atoms with Crippen LogP contribution in [0.15, 0.2) is 43.0 Å². The lowest BCUT2D eigenvalue weighted by atomic mass is 10.4. The van der Waals surface area contributed by atoms with Crippen molar-refractivity contribution >= 4 is 13.9 Å². The molecule has 2 heteroatoms. The van der Waals surface area contributed by atoms with Crippen molar-refractivity contribution in [2.24, 2.45) is 0 Å². The predicted octanol–water partition coefficient (Wildman–Crippen LogP) is 2.93. The maximum atomic E-state index is 5.68. The van der Waals surface area contributed by atoms with Crippen molar-refractivity contribution in [2.75, 3.05) is 6.61 Å². The fourth-order valence-corrected chi connectivity index (χ4v) is 2.38. The zero-order chi connectivity index (χ0) is 10.4. The molecule has 0 spiro atoms. The van der Waals surface area contributed by atoms with Gasteiger partial charge in [0.05, 0.1) is 11.9 Å². The summed E-state index contributed by atoms with van der Waals surface area (Å²) in [7, 11) is 0.671. The van der Waals surface area contributed by atoms with Crippen LogP contribution in [0.1, 0.15) is 13.8 Å². The monoisotopic (exact) mass is 208 g/mol. The van der Waals surface area contributed by atoms with Gasteiger partial charge in [-0.2, -0.15) is 0 Å². The van der Waals surface area contributed by atoms with Gasteiger partial charge in [-0.1, -0.05) is 45.0 Å². The van der Waals surface area contributed by atoms with Gasteiger partial charge in [-0.25, -0.2) is 0 Å². The minimum atomic E-state index is -0.0878. The molecule has 0 aliphatic carbocycles. The molecule has 1 nitrogen and oxygen atoms in total. The summed E-state index contributed by atoms with van der Waals surface area (Å²) in [6.45, 7) is 8.49. The molecule has 1 unspecified atom stereocenters. The molecule has 0 heterocycles. The number of hydrogen-bond donors (Lipinski definition) is 0. The van der Waals surface area contributed by atoms with Crippen LogP contribution in [-0.4, -0.2) is 11.9 Å². The van der Waals surface area contributed by atoms with Gasteiger partial charge in [-0.05, 0) is 19.2 Å². The third kappa shape index (κ3) is 4.04. The average molecular weight is 208 g/mol. The zero-order valence-electron chi connectivity index (χ0n) is 8.79. The highest BCUT2D eigenvalue weighted by Crippen LogP contribution is 2.31. The first kappa shape index (κ1) is 11.4. The highest BCUT2D eigenvalue weighted by atomic mass is 31.1. The summed E-state index contributed by atoms with van der Waals surface area (Å²) in [6.07, 6.45) is 1.79. The van der Waals surface area contributed by atoms with E-state index < -0.39 is 0 Å². The molecule has 14 heavy (non-hydrogen) atoms. The van der Waals surface area contributed by atoms with Crippen LogP contribution in [0.4, 0.5) is 0 Å². The minimum absolute atomic E-state index is 0.0878. The molecular formula is C12H17OP. The Morgan fingerprint density at radius 3 is 2.57 bits per heavy atom. The van der Waals surface area contributed by atoms with Crippen LogP contribution in [0.2, 0.25) is 0 Å². The van der Waals surface area contributed by atoms with Gasteiger partial charge in [0.1, 0.15) is 0 Å². The highest BCUT2D eigenvalue weighted by molar-refractivity contribution is 7.48. The van der Waals surface area contributed by atoms with Gasteiger partial charge in [0.2, 0.25) is 0 Å². The first-order chi connectivity index (χ1) is 6.64. The molecule has 0 aliphatic rings. The molecule has 0 N–H and O–H groups in total. The molecule has 1 aromatic carbocycles. The van der Waals surface area contributed by atoms with E-state index in [2.05, 4.69) is 44.7 Å². The molecule has 0 saturated heterocycles. The van der Waals surface area contributed by atoms with Gasteiger partial charge in [-0.3, -0.25) is 0 Å². The van der Waals surface area contributed by atoms with Crippen LogP contribution in [0.3, 0.4) is 0 Å². The Bertz CT molecular complexity index is 280. The van der Waals surface area contributed by atoms with Crippen LogP contribution in [0, 0.1) is 0 Å². The quantitative estimate of drug-likeness (QED) is 0.534. The first-order valence-electron chi connectivity index (χ1n) is 4.72. The summed E-state index contributed by atoms with van der Waals surface area (Å²) in [6, 6.07) is 10.4. The Kier molecular flexibility index (Phi) is 4.31. The second-order valence-electron chi connectivity index (χ2n) is 3.60. The molecule has 1 aromatic rings. The Balaban J connectivity index is 2.54. The van der Waals surface area contributed by atoms with Crippen molar-refractivity contribution in [3.05, 3.63) is 43.0 Å². The largest absolute Gasteiger partial charge is 0.367 e. The van der Waals surface area contributed by atoms with Crippen LogP contribution < -0.4 is 5.30 Å². The summed E-state index contributed by atoms with van der Waals surface area (Å²) in [4.78, 5) is 0. The molecule has 0 aliphatic heterocycles. The van der Waals surface area contributed by atoms with Crippen LogP contribution >= 0.6 is 8.58 Å². The summed E-state index contributed by atoms with van der Waals surface area (Å²) < 4.78 is 5.68. The Morgan fingerprint density at radius 2 is 2.00 bits per heavy atom. The SMILES string of the molecule is C=CCOC(C)(C)Pc1ccccc1. The van der Waals surface area contributed by atoms with Crippen molar-refractivity contribution in [1.82, 2.24) is 0 Å². The van der Waals surface area contributed by atoms with E-state index in [-0.39, 0.29) is 5.34 Å².